The molecule has 0 spiro atoms. The van der Waals surface area contributed by atoms with Gasteiger partial charge in [0.05, 0.1) is 6.26 Å². The first-order valence-corrected chi connectivity index (χ1v) is 10.8. The molecule has 0 radical (unpaired) electrons. The number of nitrogens with zero attached hydrogens (tertiary/aromatic N) is 3. The molecule has 1 fully saturated rings. The second-order valence-corrected chi connectivity index (χ2v) is 7.68. The van der Waals surface area contributed by atoms with Crippen molar-refractivity contribution < 1.29 is 9.21 Å². The molecule has 1 N–H and O–H groups in total. The first kappa shape index (κ1) is 20.3. The maximum Gasteiger partial charge on any atom is 0.289 e. The van der Waals surface area contributed by atoms with Gasteiger partial charge >= 0.3 is 0 Å². The van der Waals surface area contributed by atoms with Crippen LogP contribution in [0.3, 0.4) is 0 Å². The summed E-state index contributed by atoms with van der Waals surface area (Å²) < 4.78 is 5.23. The highest BCUT2D eigenvalue weighted by molar-refractivity contribution is 7.99. The number of aliphatic imine (C=N–C) groups is 1. The van der Waals surface area contributed by atoms with Gasteiger partial charge in [-0.05, 0) is 43.4 Å². The smallest absolute Gasteiger partial charge is 0.289 e. The number of furan rings is 1. The monoisotopic (exact) mass is 400 g/mol. The zero-order valence-electron chi connectivity index (χ0n) is 16.3. The van der Waals surface area contributed by atoms with Crippen molar-refractivity contribution in [3.05, 3.63) is 54.5 Å². The number of amides is 1. The summed E-state index contributed by atoms with van der Waals surface area (Å²) in [4.78, 5) is 22.6. The van der Waals surface area contributed by atoms with Crippen LogP contribution in [-0.4, -0.2) is 66.7 Å². The number of piperazine rings is 1. The molecule has 0 bridgehead atoms. The van der Waals surface area contributed by atoms with Gasteiger partial charge in [-0.3, -0.25) is 9.79 Å². The minimum absolute atomic E-state index is 0.0375. The van der Waals surface area contributed by atoms with Gasteiger partial charge in [0.1, 0.15) is 0 Å². The summed E-state index contributed by atoms with van der Waals surface area (Å²) >= 11 is 1.87. The molecule has 1 amide bonds. The SMILES string of the molecule is CCNC(=NCCCSc1ccccc1)N1CCN(C(=O)c2ccco2)CC1. The van der Waals surface area contributed by atoms with Gasteiger partial charge in [0.25, 0.3) is 5.91 Å². The number of nitrogens with one attached hydrogen (secondary N) is 1. The number of benzene rings is 1. The largest absolute Gasteiger partial charge is 0.459 e. The number of rotatable bonds is 7. The van der Waals surface area contributed by atoms with E-state index in [0.29, 0.717) is 18.8 Å². The predicted molar refractivity (Wildman–Crippen MR) is 114 cm³/mol. The van der Waals surface area contributed by atoms with Gasteiger partial charge in [-0.2, -0.15) is 0 Å². The Hall–Kier alpha value is -2.41. The molecule has 0 aliphatic carbocycles. The molecule has 1 aliphatic heterocycles. The fraction of sp³-hybridized carbons (Fsp3) is 0.429. The Morgan fingerprint density at radius 1 is 1.11 bits per heavy atom. The van der Waals surface area contributed by atoms with Crippen LogP contribution in [0.5, 0.6) is 0 Å². The molecule has 1 saturated heterocycles. The zero-order valence-corrected chi connectivity index (χ0v) is 17.2. The molecule has 0 saturated carbocycles. The summed E-state index contributed by atoms with van der Waals surface area (Å²) in [5.74, 6) is 2.37. The van der Waals surface area contributed by atoms with Crippen molar-refractivity contribution in [2.45, 2.75) is 18.2 Å². The first-order chi connectivity index (χ1) is 13.8. The van der Waals surface area contributed by atoms with Gasteiger partial charge in [0, 0.05) is 44.2 Å². The van der Waals surface area contributed by atoms with Gasteiger partial charge < -0.3 is 19.5 Å². The fourth-order valence-corrected chi connectivity index (χ4v) is 3.92. The summed E-state index contributed by atoms with van der Waals surface area (Å²) in [7, 11) is 0. The van der Waals surface area contributed by atoms with Crippen molar-refractivity contribution in [1.82, 2.24) is 15.1 Å². The lowest BCUT2D eigenvalue weighted by atomic mass is 10.3. The molecule has 150 valence electrons. The lowest BCUT2D eigenvalue weighted by molar-refractivity contribution is 0.0657. The molecule has 1 aliphatic rings. The van der Waals surface area contributed by atoms with Crippen molar-refractivity contribution in [3.63, 3.8) is 0 Å². The number of carbonyl (C=O) groups is 1. The second-order valence-electron chi connectivity index (χ2n) is 6.51. The Labute approximate surface area is 171 Å². The maximum absolute atomic E-state index is 12.4. The highest BCUT2D eigenvalue weighted by atomic mass is 32.2. The van der Waals surface area contributed by atoms with E-state index in [4.69, 9.17) is 9.41 Å². The zero-order chi connectivity index (χ0) is 19.6. The van der Waals surface area contributed by atoms with Crippen LogP contribution in [-0.2, 0) is 0 Å². The fourth-order valence-electron chi connectivity index (χ4n) is 3.06. The van der Waals surface area contributed by atoms with E-state index in [0.717, 1.165) is 44.3 Å². The second kappa shape index (κ2) is 10.8. The van der Waals surface area contributed by atoms with Crippen LogP contribution in [0.1, 0.15) is 23.9 Å². The molecule has 0 unspecified atom stereocenters. The first-order valence-electron chi connectivity index (χ1n) is 9.82. The molecular formula is C21H28N4O2S. The van der Waals surface area contributed by atoms with Crippen molar-refractivity contribution in [2.24, 2.45) is 4.99 Å². The van der Waals surface area contributed by atoms with Crippen LogP contribution in [0.15, 0.2) is 63.0 Å². The standard InChI is InChI=1S/C21H28N4O2S/c1-2-22-21(23-11-7-17-28-18-8-4-3-5-9-18)25-14-12-24(13-15-25)20(26)19-10-6-16-27-19/h3-6,8-10,16H,2,7,11-15,17H2,1H3,(H,22,23). The lowest BCUT2D eigenvalue weighted by Crippen LogP contribution is -2.53. The van der Waals surface area contributed by atoms with Crippen LogP contribution in [0.25, 0.3) is 0 Å². The summed E-state index contributed by atoms with van der Waals surface area (Å²) in [5.41, 5.74) is 0. The third-order valence-electron chi connectivity index (χ3n) is 4.51. The van der Waals surface area contributed by atoms with Gasteiger partial charge in [0.2, 0.25) is 0 Å². The minimum atomic E-state index is -0.0375. The number of hydrogen-bond donors (Lipinski definition) is 1. The normalized spacial score (nSPS) is 15.0. The third-order valence-corrected chi connectivity index (χ3v) is 5.61. The summed E-state index contributed by atoms with van der Waals surface area (Å²) in [5, 5.41) is 3.38. The van der Waals surface area contributed by atoms with E-state index in [1.54, 1.807) is 12.1 Å². The molecule has 6 nitrogen and oxygen atoms in total. The predicted octanol–water partition coefficient (Wildman–Crippen LogP) is 3.19. The Bertz CT molecular complexity index is 741. The quantitative estimate of drug-likeness (QED) is 0.335. The lowest BCUT2D eigenvalue weighted by Gasteiger charge is -2.36. The molecule has 3 rings (SSSR count). The maximum atomic E-state index is 12.4. The van der Waals surface area contributed by atoms with Gasteiger partial charge in [-0.1, -0.05) is 18.2 Å². The van der Waals surface area contributed by atoms with Crippen molar-refractivity contribution in [2.75, 3.05) is 45.0 Å². The van der Waals surface area contributed by atoms with E-state index >= 15 is 0 Å². The van der Waals surface area contributed by atoms with E-state index < -0.39 is 0 Å². The van der Waals surface area contributed by atoms with E-state index in [9.17, 15) is 4.79 Å². The molecule has 2 heterocycles. The van der Waals surface area contributed by atoms with E-state index in [-0.39, 0.29) is 5.91 Å². The Balaban J connectivity index is 1.44. The van der Waals surface area contributed by atoms with Crippen molar-refractivity contribution >= 4 is 23.6 Å². The topological polar surface area (TPSA) is 61.1 Å². The van der Waals surface area contributed by atoms with Crippen molar-refractivity contribution in [1.29, 1.82) is 0 Å². The highest BCUT2D eigenvalue weighted by Gasteiger charge is 2.25. The summed E-state index contributed by atoms with van der Waals surface area (Å²) in [6, 6.07) is 13.9. The van der Waals surface area contributed by atoms with Crippen LogP contribution < -0.4 is 5.32 Å². The molecule has 28 heavy (non-hydrogen) atoms. The number of guanidine groups is 1. The number of hydrogen-bond acceptors (Lipinski definition) is 4. The third kappa shape index (κ3) is 5.79. The highest BCUT2D eigenvalue weighted by Crippen LogP contribution is 2.17. The Morgan fingerprint density at radius 3 is 2.54 bits per heavy atom. The van der Waals surface area contributed by atoms with Crippen molar-refractivity contribution in [3.8, 4) is 0 Å². The van der Waals surface area contributed by atoms with Gasteiger partial charge in [-0.25, -0.2) is 0 Å². The van der Waals surface area contributed by atoms with Crippen LogP contribution in [0.2, 0.25) is 0 Å². The minimum Gasteiger partial charge on any atom is -0.459 e. The van der Waals surface area contributed by atoms with Gasteiger partial charge in [-0.15, -0.1) is 11.8 Å². The molecule has 1 aromatic carbocycles. The Morgan fingerprint density at radius 2 is 1.86 bits per heavy atom. The molecule has 0 atom stereocenters. The molecule has 1 aromatic heterocycles. The molecule has 2 aromatic rings. The van der Waals surface area contributed by atoms with Crippen LogP contribution >= 0.6 is 11.8 Å². The van der Waals surface area contributed by atoms with Crippen LogP contribution in [0, 0.1) is 0 Å². The number of carbonyl (C=O) groups excluding carboxylic acids is 1. The number of thioether (sulfide) groups is 1. The molecule has 7 heteroatoms. The van der Waals surface area contributed by atoms with Crippen LogP contribution in [0.4, 0.5) is 0 Å². The Kier molecular flexibility index (Phi) is 7.84. The average molecular weight is 401 g/mol. The van der Waals surface area contributed by atoms with E-state index in [1.165, 1.54) is 11.2 Å². The van der Waals surface area contributed by atoms with E-state index in [1.807, 2.05) is 22.7 Å². The van der Waals surface area contributed by atoms with Gasteiger partial charge in [0.15, 0.2) is 11.7 Å². The summed E-state index contributed by atoms with van der Waals surface area (Å²) in [6.07, 6.45) is 2.57. The molecular weight excluding hydrogens is 372 g/mol. The summed E-state index contributed by atoms with van der Waals surface area (Å²) in [6.45, 7) is 6.62. The van der Waals surface area contributed by atoms with E-state index in [2.05, 4.69) is 41.4 Å². The average Bonchev–Trinajstić information content (AvgIpc) is 3.28.